The Morgan fingerprint density at radius 1 is 1.20 bits per heavy atom. The number of rotatable bonds is 1. The van der Waals surface area contributed by atoms with Gasteiger partial charge in [-0.3, -0.25) is 0 Å². The Morgan fingerprint density at radius 3 is 2.75 bits per heavy atom. The van der Waals surface area contributed by atoms with Crippen molar-refractivity contribution < 1.29 is 0 Å². The minimum atomic E-state index is 0.456. The van der Waals surface area contributed by atoms with E-state index in [2.05, 4.69) is 56.0 Å². The maximum atomic E-state index is 3.92. The second-order valence-corrected chi connectivity index (χ2v) is 5.06. The summed E-state index contributed by atoms with van der Waals surface area (Å²) in [6.07, 6.45) is 20.0. The Morgan fingerprint density at radius 2 is 2.00 bits per heavy atom. The van der Waals surface area contributed by atoms with Crippen LogP contribution in [-0.2, 0) is 0 Å². The maximum absolute atomic E-state index is 3.92. The minimum Gasteiger partial charge on any atom is -0.0988 e. The summed E-state index contributed by atoms with van der Waals surface area (Å²) in [5.41, 5.74) is 7.11. The normalized spacial score (nSPS) is 25.1. The molecule has 0 spiro atoms. The summed E-state index contributed by atoms with van der Waals surface area (Å²) in [5.74, 6) is 0.456. The Bertz CT molecular complexity index is 571. The maximum Gasteiger partial charge on any atom is 0.0310 e. The summed E-state index contributed by atoms with van der Waals surface area (Å²) in [5, 5.41) is 0. The van der Waals surface area contributed by atoms with Crippen LogP contribution in [0.15, 0.2) is 83.1 Å². The van der Waals surface area contributed by atoms with Crippen molar-refractivity contribution in [2.45, 2.75) is 33.6 Å². The van der Waals surface area contributed by atoms with Crippen LogP contribution >= 0.6 is 0 Å². The van der Waals surface area contributed by atoms with E-state index in [1.54, 1.807) is 5.57 Å². The van der Waals surface area contributed by atoms with Gasteiger partial charge in [0.1, 0.15) is 0 Å². The van der Waals surface area contributed by atoms with Gasteiger partial charge in [0.2, 0.25) is 0 Å². The molecule has 104 valence electrons. The lowest BCUT2D eigenvalue weighted by Crippen LogP contribution is -2.17. The van der Waals surface area contributed by atoms with E-state index < -0.39 is 0 Å². The van der Waals surface area contributed by atoms with E-state index in [0.29, 0.717) is 5.92 Å². The third-order valence-corrected chi connectivity index (χ3v) is 4.02. The van der Waals surface area contributed by atoms with Gasteiger partial charge in [0.25, 0.3) is 0 Å². The van der Waals surface area contributed by atoms with Crippen molar-refractivity contribution >= 4 is 0 Å². The number of hydrogen-bond donors (Lipinski definition) is 0. The third kappa shape index (κ3) is 2.56. The van der Waals surface area contributed by atoms with Crippen LogP contribution in [0.1, 0.15) is 33.6 Å². The molecule has 0 heterocycles. The highest BCUT2D eigenvalue weighted by Crippen LogP contribution is 2.42. The molecule has 0 aliphatic heterocycles. The molecule has 3 aliphatic rings. The predicted molar refractivity (Wildman–Crippen MR) is 89.5 cm³/mol. The molecule has 0 N–H and O–H groups in total. The summed E-state index contributed by atoms with van der Waals surface area (Å²) in [4.78, 5) is 0. The van der Waals surface area contributed by atoms with Crippen LogP contribution in [0.3, 0.4) is 0 Å². The Balaban J connectivity index is 0.000000704. The molecule has 20 heavy (non-hydrogen) atoms. The van der Waals surface area contributed by atoms with Crippen LogP contribution in [-0.4, -0.2) is 0 Å². The van der Waals surface area contributed by atoms with Crippen LogP contribution in [0.4, 0.5) is 0 Å². The molecular formula is C20H24. The molecule has 0 aromatic carbocycles. The fourth-order valence-electron chi connectivity index (χ4n) is 3.01. The molecule has 0 nitrogen and oxygen atoms in total. The first-order valence-corrected chi connectivity index (χ1v) is 7.60. The fraction of sp³-hybridized carbons (Fsp3) is 0.300. The lowest BCUT2D eigenvalue weighted by atomic mass is 9.72. The van der Waals surface area contributed by atoms with Gasteiger partial charge in [0.05, 0.1) is 0 Å². The Hall–Kier alpha value is -1.82. The van der Waals surface area contributed by atoms with Crippen LogP contribution in [0, 0.1) is 5.92 Å². The highest BCUT2D eigenvalue weighted by atomic mass is 14.3. The standard InChI is InChI=1S/C18H18.C2H6/c1-3-13(2)16-10-6-8-15-12-11-14-7-4-5-9-17(14)18(15)16;1-2/h3-4,6-8,10-12,18H,1,5,9H2,2H3;1-2H3/b16-13-;. The molecule has 0 amide bonds. The molecule has 3 aliphatic carbocycles. The van der Waals surface area contributed by atoms with E-state index in [9.17, 15) is 0 Å². The van der Waals surface area contributed by atoms with Gasteiger partial charge in [-0.05, 0) is 42.1 Å². The van der Waals surface area contributed by atoms with Gasteiger partial charge in [-0.15, -0.1) is 0 Å². The quantitative estimate of drug-likeness (QED) is 0.557. The molecule has 1 unspecified atom stereocenters. The zero-order chi connectivity index (χ0) is 14.5. The van der Waals surface area contributed by atoms with Crippen LogP contribution in [0.25, 0.3) is 0 Å². The number of hydrogen-bond acceptors (Lipinski definition) is 0. The lowest BCUT2D eigenvalue weighted by Gasteiger charge is -2.32. The van der Waals surface area contributed by atoms with E-state index >= 15 is 0 Å². The third-order valence-electron chi connectivity index (χ3n) is 4.02. The average molecular weight is 264 g/mol. The van der Waals surface area contributed by atoms with Gasteiger partial charge >= 0.3 is 0 Å². The molecule has 0 radical (unpaired) electrons. The van der Waals surface area contributed by atoms with E-state index in [0.717, 1.165) is 0 Å². The first-order chi connectivity index (χ1) is 9.81. The van der Waals surface area contributed by atoms with Crippen molar-refractivity contribution in [3.63, 3.8) is 0 Å². The van der Waals surface area contributed by atoms with Crippen LogP contribution in [0.5, 0.6) is 0 Å². The number of fused-ring (bicyclic) bond motifs is 2. The van der Waals surface area contributed by atoms with Gasteiger partial charge in [-0.1, -0.05) is 74.6 Å². The SMILES string of the molecule is C=C/C(C)=C1/C=CC=C2C=CC3=C(CCC=C3)C21.CC. The lowest BCUT2D eigenvalue weighted by molar-refractivity contribution is 0.760. The average Bonchev–Trinajstić information content (AvgIpc) is 2.55. The van der Waals surface area contributed by atoms with Gasteiger partial charge in [-0.2, -0.15) is 0 Å². The number of allylic oxidation sites excluding steroid dienone is 13. The van der Waals surface area contributed by atoms with Crippen molar-refractivity contribution in [3.8, 4) is 0 Å². The molecule has 1 atom stereocenters. The Labute approximate surface area is 123 Å². The van der Waals surface area contributed by atoms with Crippen LogP contribution in [0.2, 0.25) is 0 Å². The molecule has 0 aromatic rings. The zero-order valence-corrected chi connectivity index (χ0v) is 12.8. The molecule has 0 fully saturated rings. The minimum absolute atomic E-state index is 0.456. The largest absolute Gasteiger partial charge is 0.0988 e. The summed E-state index contributed by atoms with van der Waals surface area (Å²) >= 11 is 0. The topological polar surface area (TPSA) is 0 Å². The highest BCUT2D eigenvalue weighted by molar-refractivity contribution is 5.59. The van der Waals surface area contributed by atoms with E-state index in [1.165, 1.54) is 35.1 Å². The molecule has 0 aromatic heterocycles. The van der Waals surface area contributed by atoms with E-state index in [4.69, 9.17) is 0 Å². The monoisotopic (exact) mass is 264 g/mol. The summed E-state index contributed by atoms with van der Waals surface area (Å²) in [7, 11) is 0. The summed E-state index contributed by atoms with van der Waals surface area (Å²) in [6, 6.07) is 0. The summed E-state index contributed by atoms with van der Waals surface area (Å²) in [6.45, 7) is 10.1. The van der Waals surface area contributed by atoms with Gasteiger partial charge in [-0.25, -0.2) is 0 Å². The van der Waals surface area contributed by atoms with Crippen molar-refractivity contribution in [3.05, 3.63) is 83.1 Å². The van der Waals surface area contributed by atoms with E-state index in [1.807, 2.05) is 19.9 Å². The molecule has 0 saturated carbocycles. The first-order valence-electron chi connectivity index (χ1n) is 7.60. The molecule has 0 bridgehead atoms. The van der Waals surface area contributed by atoms with Gasteiger partial charge in [0, 0.05) is 5.92 Å². The van der Waals surface area contributed by atoms with Gasteiger partial charge < -0.3 is 0 Å². The second-order valence-electron chi connectivity index (χ2n) is 5.06. The van der Waals surface area contributed by atoms with Gasteiger partial charge in [0.15, 0.2) is 0 Å². The smallest absolute Gasteiger partial charge is 0.0310 e. The summed E-state index contributed by atoms with van der Waals surface area (Å²) < 4.78 is 0. The molecule has 0 saturated heterocycles. The van der Waals surface area contributed by atoms with Crippen molar-refractivity contribution in [2.24, 2.45) is 5.92 Å². The predicted octanol–water partition coefficient (Wildman–Crippen LogP) is 5.84. The van der Waals surface area contributed by atoms with E-state index in [-0.39, 0.29) is 0 Å². The second kappa shape index (κ2) is 6.56. The highest BCUT2D eigenvalue weighted by Gasteiger charge is 2.28. The fourth-order valence-corrected chi connectivity index (χ4v) is 3.01. The van der Waals surface area contributed by atoms with Crippen molar-refractivity contribution in [1.82, 2.24) is 0 Å². The molecule has 3 rings (SSSR count). The van der Waals surface area contributed by atoms with Crippen molar-refractivity contribution in [1.29, 1.82) is 0 Å². The molecule has 0 heteroatoms. The molecular weight excluding hydrogens is 240 g/mol. The van der Waals surface area contributed by atoms with Crippen LogP contribution < -0.4 is 0 Å². The Kier molecular flexibility index (Phi) is 4.79. The first kappa shape index (κ1) is 14.6. The van der Waals surface area contributed by atoms with Crippen molar-refractivity contribution in [2.75, 3.05) is 0 Å². The zero-order valence-electron chi connectivity index (χ0n) is 12.8.